The summed E-state index contributed by atoms with van der Waals surface area (Å²) in [5.74, 6) is 0. The van der Waals surface area contributed by atoms with E-state index in [-0.39, 0.29) is 41.7 Å². The molecule has 0 aromatic heterocycles. The molecule has 1 N–H and O–H groups in total. The molecule has 0 saturated carbocycles. The van der Waals surface area contributed by atoms with Crippen LogP contribution in [-0.4, -0.2) is 4.89 Å². The maximum Gasteiger partial charge on any atom is 0.324 e. The summed E-state index contributed by atoms with van der Waals surface area (Å²) in [5.41, 5.74) is 0. The summed E-state index contributed by atoms with van der Waals surface area (Å²) < 4.78 is 8.46. The third kappa shape index (κ3) is 9.89. The topological polar surface area (TPSA) is 37.3 Å². The maximum atomic E-state index is 8.46. The Balaban J connectivity index is 0. The number of rotatable bonds is 0. The molecule has 0 aliphatic carbocycles. The van der Waals surface area contributed by atoms with Gasteiger partial charge in [0, 0.05) is 41.7 Å². The zero-order chi connectivity index (χ0) is 2.71. The molecule has 22 valence electrons. The van der Waals surface area contributed by atoms with Crippen LogP contribution in [0.5, 0.6) is 0 Å². The van der Waals surface area contributed by atoms with E-state index >= 15 is 0 Å². The molecule has 0 unspecified atom stereocenters. The SMILES string of the molecule is O=PO.[Ce]. The minimum absolute atomic E-state index is 0. The Labute approximate surface area is 59.3 Å². The van der Waals surface area contributed by atoms with Crippen molar-refractivity contribution in [2.24, 2.45) is 0 Å². The summed E-state index contributed by atoms with van der Waals surface area (Å²) in [6, 6.07) is 0. The van der Waals surface area contributed by atoms with Gasteiger partial charge in [0.05, 0.1) is 0 Å². The van der Waals surface area contributed by atoms with E-state index in [4.69, 9.17) is 9.46 Å². The van der Waals surface area contributed by atoms with E-state index in [1.165, 1.54) is 0 Å². The molecule has 0 fully saturated rings. The molecule has 4 heteroatoms. The first kappa shape index (κ1) is 9.06. The van der Waals surface area contributed by atoms with Gasteiger partial charge >= 0.3 is 8.69 Å². The van der Waals surface area contributed by atoms with Gasteiger partial charge in [-0.3, -0.25) is 0 Å². The molecular formula is HCeO2P. The second kappa shape index (κ2) is 8.83. The van der Waals surface area contributed by atoms with Crippen molar-refractivity contribution in [1.82, 2.24) is 0 Å². The van der Waals surface area contributed by atoms with Gasteiger partial charge in [-0.15, -0.1) is 0 Å². The Morgan fingerprint density at radius 2 is 1.75 bits per heavy atom. The predicted molar refractivity (Wildman–Crippen MR) is 9.83 cm³/mol. The molecule has 0 saturated heterocycles. The Morgan fingerprint density at radius 1 is 1.75 bits per heavy atom. The van der Waals surface area contributed by atoms with Crippen molar-refractivity contribution in [2.45, 2.75) is 0 Å². The van der Waals surface area contributed by atoms with E-state index in [0.29, 0.717) is 0 Å². The maximum absolute atomic E-state index is 8.46. The van der Waals surface area contributed by atoms with Gasteiger partial charge in [0.25, 0.3) is 0 Å². The monoisotopic (exact) mass is 204 g/mol. The van der Waals surface area contributed by atoms with E-state index in [0.717, 1.165) is 0 Å². The normalized spacial score (nSPS) is 5.25. The molecule has 0 atom stereocenters. The van der Waals surface area contributed by atoms with Crippen molar-refractivity contribution in [1.29, 1.82) is 0 Å². The van der Waals surface area contributed by atoms with Crippen LogP contribution in [0.2, 0.25) is 0 Å². The van der Waals surface area contributed by atoms with Crippen LogP contribution in [0.25, 0.3) is 0 Å². The van der Waals surface area contributed by atoms with E-state index in [1.54, 1.807) is 0 Å². The zero-order valence-electron chi connectivity index (χ0n) is 1.80. The first-order valence-corrected chi connectivity index (χ1v) is 1.15. The molecule has 0 aliphatic rings. The van der Waals surface area contributed by atoms with E-state index < -0.39 is 8.69 Å². The molecule has 4 heavy (non-hydrogen) atoms. The van der Waals surface area contributed by atoms with Gasteiger partial charge in [-0.25, -0.2) is 4.57 Å². The van der Waals surface area contributed by atoms with Crippen molar-refractivity contribution < 1.29 is 51.2 Å². The molecule has 0 heterocycles. The minimum Gasteiger partial charge on any atom is -0.310 e. The van der Waals surface area contributed by atoms with Gasteiger partial charge in [-0.2, -0.15) is 0 Å². The molecule has 0 amide bonds. The Morgan fingerprint density at radius 3 is 1.75 bits per heavy atom. The average Bonchev–Trinajstić information content (AvgIpc) is 0.918. The van der Waals surface area contributed by atoms with Crippen LogP contribution in [0, 0.1) is 41.7 Å². The van der Waals surface area contributed by atoms with Crippen LogP contribution >= 0.6 is 8.69 Å². The third-order valence-electron chi connectivity index (χ3n) is 0. The van der Waals surface area contributed by atoms with E-state index in [1.807, 2.05) is 0 Å². The predicted octanol–water partition coefficient (Wildman–Crippen LogP) is 0.185. The van der Waals surface area contributed by atoms with Crippen molar-refractivity contribution in [3.63, 3.8) is 0 Å². The molecule has 0 spiro atoms. The molecular weight excluding hydrogens is 203 g/mol. The van der Waals surface area contributed by atoms with Crippen molar-refractivity contribution >= 4 is 8.69 Å². The molecule has 0 aromatic rings. The first-order chi connectivity index (χ1) is 1.41. The summed E-state index contributed by atoms with van der Waals surface area (Å²) >= 11 is 0. The van der Waals surface area contributed by atoms with Crippen LogP contribution in [0.3, 0.4) is 0 Å². The van der Waals surface area contributed by atoms with Crippen molar-refractivity contribution in [2.75, 3.05) is 0 Å². The zero-order valence-corrected chi connectivity index (χ0v) is 5.84. The molecule has 0 aliphatic heterocycles. The first-order valence-electron chi connectivity index (χ1n) is 0.383. The summed E-state index contributed by atoms with van der Waals surface area (Å²) in [6.07, 6.45) is 0. The van der Waals surface area contributed by atoms with Crippen molar-refractivity contribution in [3.05, 3.63) is 0 Å². The van der Waals surface area contributed by atoms with E-state index in [2.05, 4.69) is 0 Å². The Bertz CT molecular complexity index is 13.5. The van der Waals surface area contributed by atoms with Crippen LogP contribution < -0.4 is 0 Å². The minimum atomic E-state index is -0.833. The Kier molecular flexibility index (Phi) is 20.0. The molecule has 0 aromatic carbocycles. The third-order valence-corrected chi connectivity index (χ3v) is 0. The molecule has 0 rings (SSSR count). The van der Waals surface area contributed by atoms with Gasteiger partial charge < -0.3 is 4.89 Å². The fraction of sp³-hybridized carbons (Fsp3) is 0. The van der Waals surface area contributed by atoms with Crippen LogP contribution in [0.4, 0.5) is 0 Å². The van der Waals surface area contributed by atoms with Gasteiger partial charge in [-0.05, 0) is 0 Å². The average molecular weight is 204 g/mol. The summed E-state index contributed by atoms with van der Waals surface area (Å²) in [4.78, 5) is 6.99. The smallest absolute Gasteiger partial charge is 0.310 e. The largest absolute Gasteiger partial charge is 0.324 e. The van der Waals surface area contributed by atoms with Crippen LogP contribution in [0.15, 0.2) is 0 Å². The quantitative estimate of drug-likeness (QED) is 0.572. The van der Waals surface area contributed by atoms with Gasteiger partial charge in [0.15, 0.2) is 0 Å². The summed E-state index contributed by atoms with van der Waals surface area (Å²) in [7, 11) is -0.833. The van der Waals surface area contributed by atoms with Gasteiger partial charge in [-0.1, -0.05) is 0 Å². The van der Waals surface area contributed by atoms with Gasteiger partial charge in [0.1, 0.15) is 0 Å². The second-order valence-electron chi connectivity index (χ2n) is 0.0816. The second-order valence-corrected chi connectivity index (χ2v) is 0.245. The molecule has 2 nitrogen and oxygen atoms in total. The van der Waals surface area contributed by atoms with E-state index in [9.17, 15) is 0 Å². The number of hydrogen-bond acceptors (Lipinski definition) is 1. The van der Waals surface area contributed by atoms with Crippen molar-refractivity contribution in [3.8, 4) is 0 Å². The molecule has 0 radical (unpaired) electrons. The van der Waals surface area contributed by atoms with Gasteiger partial charge in [0.2, 0.25) is 0 Å². The Hall–Kier alpha value is 1.44. The van der Waals surface area contributed by atoms with Crippen LogP contribution in [0.1, 0.15) is 0 Å². The summed E-state index contributed by atoms with van der Waals surface area (Å²) in [5, 5.41) is 0. The standard InChI is InChI=1S/Ce.HO2P/c;1-3-2/h;(H,1,2). The summed E-state index contributed by atoms with van der Waals surface area (Å²) in [6.45, 7) is 0. The fourth-order valence-electron chi connectivity index (χ4n) is 0. The van der Waals surface area contributed by atoms with Crippen LogP contribution in [-0.2, 0) is 4.57 Å². The number of hydrogen-bond donors (Lipinski definition) is 1. The molecule has 0 bridgehead atoms. The fourth-order valence-corrected chi connectivity index (χ4v) is 0.